The van der Waals surface area contributed by atoms with Gasteiger partial charge in [0.2, 0.25) is 0 Å². The number of ether oxygens (including phenoxy) is 2. The van der Waals surface area contributed by atoms with Gasteiger partial charge in [-0.3, -0.25) is 0 Å². The molecule has 8 rings (SSSR count). The van der Waals surface area contributed by atoms with Crippen LogP contribution >= 0.6 is 0 Å². The van der Waals surface area contributed by atoms with Crippen molar-refractivity contribution in [2.75, 3.05) is 27.9 Å². The summed E-state index contributed by atoms with van der Waals surface area (Å²) in [5.41, 5.74) is 15.0. The number of unbranched alkanes of at least 4 members (excludes halogenated alkanes) is 1. The molecule has 0 amide bonds. The van der Waals surface area contributed by atoms with Crippen LogP contribution in [0.15, 0.2) is 206 Å². The molecule has 2 atom stereocenters. The van der Waals surface area contributed by atoms with Gasteiger partial charge in [0.25, 0.3) is 0 Å². The molecule has 8 aromatic carbocycles. The summed E-state index contributed by atoms with van der Waals surface area (Å²) < 4.78 is 11.1. The molecule has 0 heterocycles. The Labute approximate surface area is 405 Å². The largest absolute Gasteiger partial charge is 0.494 e. The van der Waals surface area contributed by atoms with E-state index in [1.807, 2.05) is 6.92 Å². The smallest absolute Gasteiger partial charge is 0.119 e. The van der Waals surface area contributed by atoms with Crippen molar-refractivity contribution in [1.29, 1.82) is 0 Å². The van der Waals surface area contributed by atoms with Crippen molar-refractivity contribution in [2.24, 2.45) is 0 Å². The molecule has 68 heavy (non-hydrogen) atoms. The second-order valence-corrected chi connectivity index (χ2v) is 17.5. The molecular weight excluding hydrogens is 831 g/mol. The predicted octanol–water partition coefficient (Wildman–Crippen LogP) is 17.6. The Balaban J connectivity index is 1.07. The Kier molecular flexibility index (Phi) is 16.0. The van der Waals surface area contributed by atoms with Gasteiger partial charge in [-0.05, 0) is 195 Å². The van der Waals surface area contributed by atoms with E-state index in [1.54, 1.807) is 0 Å². The maximum Gasteiger partial charge on any atom is 0.119 e. The number of hydrogen-bond acceptors (Lipinski definition) is 5. The Hall–Kier alpha value is -7.68. The Morgan fingerprint density at radius 2 is 0.868 bits per heavy atom. The molecule has 0 fully saturated rings. The molecule has 2 unspecified atom stereocenters. The zero-order chi connectivity index (χ0) is 47.1. The summed E-state index contributed by atoms with van der Waals surface area (Å²) in [5, 5.41) is 0. The third-order valence-corrected chi connectivity index (χ3v) is 12.5. The maximum absolute atomic E-state index is 6.02. The first kappa shape index (κ1) is 46.8. The van der Waals surface area contributed by atoms with E-state index in [0.29, 0.717) is 25.0 Å². The number of hydrogen-bond donors (Lipinski definition) is 0. The van der Waals surface area contributed by atoms with Gasteiger partial charge in [0.15, 0.2) is 0 Å². The zero-order valence-electron chi connectivity index (χ0n) is 40.2. The predicted molar refractivity (Wildman–Crippen MR) is 287 cm³/mol. The van der Waals surface area contributed by atoms with Crippen LogP contribution in [-0.2, 0) is 4.74 Å². The minimum atomic E-state index is 0.367. The lowest BCUT2D eigenvalue weighted by molar-refractivity contribution is 0.297. The van der Waals surface area contributed by atoms with E-state index in [4.69, 9.17) is 9.47 Å². The molecule has 0 aliphatic carbocycles. The topological polar surface area (TPSA) is 28.2 Å². The van der Waals surface area contributed by atoms with Gasteiger partial charge in [-0.1, -0.05) is 105 Å². The zero-order valence-corrected chi connectivity index (χ0v) is 40.2. The van der Waals surface area contributed by atoms with Gasteiger partial charge in [0.1, 0.15) is 11.9 Å². The maximum atomic E-state index is 6.02. The first-order valence-corrected chi connectivity index (χ1v) is 24.1. The number of anilines is 9. The van der Waals surface area contributed by atoms with Crippen LogP contribution in [0.2, 0.25) is 0 Å². The quantitative estimate of drug-likeness (QED) is 0.0596. The van der Waals surface area contributed by atoms with Crippen molar-refractivity contribution < 1.29 is 9.47 Å². The summed E-state index contributed by atoms with van der Waals surface area (Å²) in [6, 6.07) is 74.5. The van der Waals surface area contributed by atoms with Gasteiger partial charge in [0.05, 0.1) is 13.2 Å². The molecule has 0 bridgehead atoms. The SMILES string of the molecule is CCOC#CCCCOc1ccc(C(CC)CC(C)c2ccc(N(c3ccc(N(c4ccccc4)c4cccc(C)c4)cc3)c3ccc(N(c4ccccc4)c4cccc(C)c4)cc3)cc2)cc1. The van der Waals surface area contributed by atoms with Crippen LogP contribution in [0.25, 0.3) is 0 Å². The highest BCUT2D eigenvalue weighted by Crippen LogP contribution is 2.42. The van der Waals surface area contributed by atoms with E-state index in [-0.39, 0.29) is 0 Å². The van der Waals surface area contributed by atoms with Crippen molar-refractivity contribution in [1.82, 2.24) is 0 Å². The normalized spacial score (nSPS) is 11.7. The fourth-order valence-corrected chi connectivity index (χ4v) is 8.95. The van der Waals surface area contributed by atoms with E-state index < -0.39 is 0 Å². The van der Waals surface area contributed by atoms with Gasteiger partial charge in [-0.2, -0.15) is 0 Å². The molecule has 5 heteroatoms. The second-order valence-electron chi connectivity index (χ2n) is 17.5. The molecule has 0 saturated heterocycles. The Morgan fingerprint density at radius 1 is 0.456 bits per heavy atom. The summed E-state index contributed by atoms with van der Waals surface area (Å²) >= 11 is 0. The Morgan fingerprint density at radius 3 is 1.31 bits per heavy atom. The standard InChI is InChI=1S/C63H63N3O2/c1-6-51(53-29-41-63(42-30-53)68-44-16-10-15-43-67-7-2)47-50(5)52-27-31-56(32-28-52)64(57-33-37-59(38-34-57)65(54-21-11-8-12-22-54)61-25-17-19-48(3)45-61)58-35-39-60(40-36-58)66(55-23-13-9-14-24-55)62-26-18-20-49(4)46-62/h8-9,11-14,17-42,45-46,50-51H,6-7,10,16,44,47H2,1-5H3. The second kappa shape index (κ2) is 23.2. The molecule has 342 valence electrons. The van der Waals surface area contributed by atoms with Crippen LogP contribution in [0, 0.1) is 25.9 Å². The number of aryl methyl sites for hydroxylation is 2. The summed E-state index contributed by atoms with van der Waals surface area (Å²) in [7, 11) is 0. The van der Waals surface area contributed by atoms with Crippen LogP contribution in [0.4, 0.5) is 51.2 Å². The van der Waals surface area contributed by atoms with Gasteiger partial charge < -0.3 is 24.2 Å². The number of benzene rings is 8. The summed E-state index contributed by atoms with van der Waals surface area (Å²) in [5.74, 6) is 4.74. The van der Waals surface area contributed by atoms with Crippen molar-refractivity contribution in [2.45, 2.75) is 72.1 Å². The molecule has 0 spiro atoms. The summed E-state index contributed by atoms with van der Waals surface area (Å²) in [6.07, 6.45) is 6.48. The van der Waals surface area contributed by atoms with Crippen molar-refractivity contribution in [3.05, 3.63) is 229 Å². The number of rotatable bonds is 19. The van der Waals surface area contributed by atoms with E-state index in [2.05, 4.69) is 261 Å². The van der Waals surface area contributed by atoms with Gasteiger partial charge >= 0.3 is 0 Å². The van der Waals surface area contributed by atoms with Gasteiger partial charge in [0, 0.05) is 57.6 Å². The van der Waals surface area contributed by atoms with Crippen molar-refractivity contribution in [3.8, 4) is 17.8 Å². The molecular formula is C63H63N3O2. The van der Waals surface area contributed by atoms with Crippen LogP contribution in [0.5, 0.6) is 5.75 Å². The van der Waals surface area contributed by atoms with Crippen molar-refractivity contribution in [3.63, 3.8) is 0 Å². The highest BCUT2D eigenvalue weighted by molar-refractivity contribution is 5.83. The van der Waals surface area contributed by atoms with E-state index in [1.165, 1.54) is 22.3 Å². The molecule has 0 aromatic heterocycles. The van der Waals surface area contributed by atoms with E-state index >= 15 is 0 Å². The molecule has 0 saturated carbocycles. The molecule has 8 aromatic rings. The first-order chi connectivity index (χ1) is 33.4. The van der Waals surface area contributed by atoms with Crippen molar-refractivity contribution >= 4 is 51.2 Å². The average molecular weight is 894 g/mol. The minimum Gasteiger partial charge on any atom is -0.494 e. The fraction of sp³-hybridized carbons (Fsp3) is 0.206. The average Bonchev–Trinajstić information content (AvgIpc) is 3.37. The molecule has 0 aliphatic rings. The number of para-hydroxylation sites is 2. The Bertz CT molecular complexity index is 2720. The monoisotopic (exact) mass is 893 g/mol. The van der Waals surface area contributed by atoms with Crippen LogP contribution < -0.4 is 19.4 Å². The molecule has 0 radical (unpaired) electrons. The minimum absolute atomic E-state index is 0.367. The summed E-state index contributed by atoms with van der Waals surface area (Å²) in [4.78, 5) is 7.02. The summed E-state index contributed by atoms with van der Waals surface area (Å²) in [6.45, 7) is 12.1. The van der Waals surface area contributed by atoms with Crippen LogP contribution in [0.3, 0.4) is 0 Å². The molecule has 0 aliphatic heterocycles. The van der Waals surface area contributed by atoms with E-state index in [0.717, 1.165) is 82.6 Å². The third-order valence-electron chi connectivity index (χ3n) is 12.5. The third kappa shape index (κ3) is 11.8. The molecule has 5 nitrogen and oxygen atoms in total. The lowest BCUT2D eigenvalue weighted by Crippen LogP contribution is -2.13. The van der Waals surface area contributed by atoms with Crippen LogP contribution in [0.1, 0.15) is 80.5 Å². The van der Waals surface area contributed by atoms with E-state index in [9.17, 15) is 0 Å². The lowest BCUT2D eigenvalue weighted by Gasteiger charge is -2.30. The van der Waals surface area contributed by atoms with Gasteiger partial charge in [-0.25, -0.2) is 0 Å². The first-order valence-electron chi connectivity index (χ1n) is 24.1. The highest BCUT2D eigenvalue weighted by atomic mass is 16.5. The molecule has 0 N–H and O–H groups in total. The van der Waals surface area contributed by atoms with Gasteiger partial charge in [-0.15, -0.1) is 0 Å². The number of nitrogens with zero attached hydrogens (tertiary/aromatic N) is 3. The lowest BCUT2D eigenvalue weighted by atomic mass is 9.84. The highest BCUT2D eigenvalue weighted by Gasteiger charge is 2.20. The fourth-order valence-electron chi connectivity index (χ4n) is 8.95. The van der Waals surface area contributed by atoms with Crippen LogP contribution in [-0.4, -0.2) is 13.2 Å².